The molecule has 0 radical (unpaired) electrons. The van der Waals surface area contributed by atoms with Crippen molar-refractivity contribution in [3.05, 3.63) is 12.1 Å². The lowest BCUT2D eigenvalue weighted by Crippen LogP contribution is -2.37. The minimum atomic E-state index is -1.27. The van der Waals surface area contributed by atoms with E-state index in [2.05, 4.69) is 9.44 Å². The van der Waals surface area contributed by atoms with E-state index in [9.17, 15) is 8.42 Å². The van der Waals surface area contributed by atoms with E-state index < -0.39 is 22.0 Å². The van der Waals surface area contributed by atoms with Crippen molar-refractivity contribution in [2.75, 3.05) is 0 Å². The van der Waals surface area contributed by atoms with Crippen LogP contribution >= 0.6 is 11.3 Å². The van der Waals surface area contributed by atoms with E-state index in [1.807, 2.05) is 41.5 Å². The van der Waals surface area contributed by atoms with Crippen LogP contribution < -0.4 is 9.44 Å². The summed E-state index contributed by atoms with van der Waals surface area (Å²) < 4.78 is 31.5. The summed E-state index contributed by atoms with van der Waals surface area (Å²) in [4.78, 5) is 0. The second-order valence-electron chi connectivity index (χ2n) is 6.32. The quantitative estimate of drug-likeness (QED) is 0.895. The summed E-state index contributed by atoms with van der Waals surface area (Å²) in [6.45, 7) is 11.7. The molecule has 1 heterocycles. The maximum Gasteiger partial charge on any atom is 0.135 e. The maximum absolute atomic E-state index is 12.1. The highest BCUT2D eigenvalue weighted by atomic mass is 32.2. The molecule has 7 heteroatoms. The second kappa shape index (κ2) is 6.13. The molecule has 0 saturated heterocycles. The van der Waals surface area contributed by atoms with Crippen LogP contribution in [0.15, 0.2) is 20.6 Å². The highest BCUT2D eigenvalue weighted by Crippen LogP contribution is 2.23. The Morgan fingerprint density at radius 2 is 1.16 bits per heavy atom. The van der Waals surface area contributed by atoms with Crippen LogP contribution in [-0.4, -0.2) is 19.5 Å². The summed E-state index contributed by atoms with van der Waals surface area (Å²) in [6, 6.07) is 3.52. The summed E-state index contributed by atoms with van der Waals surface area (Å²) in [5, 5.41) is 0. The summed E-state index contributed by atoms with van der Waals surface area (Å²) in [7, 11) is -2.53. The average Bonchev–Trinajstić information content (AvgIpc) is 2.60. The molecule has 0 amide bonds. The summed E-state index contributed by atoms with van der Waals surface area (Å²) in [5.74, 6) is 0. The lowest BCUT2D eigenvalue weighted by molar-refractivity contribution is 0.519. The van der Waals surface area contributed by atoms with Gasteiger partial charge in [-0.3, -0.25) is 0 Å². The lowest BCUT2D eigenvalue weighted by Gasteiger charge is -2.19. The average molecular weight is 323 g/mol. The number of thiophene rings is 1. The van der Waals surface area contributed by atoms with Gasteiger partial charge in [-0.2, -0.15) is 0 Å². The van der Waals surface area contributed by atoms with E-state index in [-0.39, 0.29) is 11.1 Å². The molecule has 0 aliphatic heterocycles. The van der Waals surface area contributed by atoms with Crippen molar-refractivity contribution in [3.8, 4) is 0 Å². The van der Waals surface area contributed by atoms with E-state index in [1.165, 1.54) is 11.3 Å². The van der Waals surface area contributed by atoms with E-state index in [4.69, 9.17) is 0 Å². The van der Waals surface area contributed by atoms with E-state index >= 15 is 0 Å². The molecule has 0 aliphatic rings. The molecule has 4 nitrogen and oxygen atoms in total. The molecule has 19 heavy (non-hydrogen) atoms. The number of hydrogen-bond acceptors (Lipinski definition) is 3. The van der Waals surface area contributed by atoms with Crippen LogP contribution in [0.3, 0.4) is 0 Å². The fourth-order valence-corrected chi connectivity index (χ4v) is 4.88. The van der Waals surface area contributed by atoms with Crippen LogP contribution in [0.4, 0.5) is 0 Å². The molecule has 1 aromatic rings. The van der Waals surface area contributed by atoms with Crippen LogP contribution in [0.1, 0.15) is 41.5 Å². The third-order valence-corrected chi connectivity index (χ3v) is 6.40. The molecule has 0 bridgehead atoms. The van der Waals surface area contributed by atoms with Gasteiger partial charge in [-0.05, 0) is 53.7 Å². The predicted molar refractivity (Wildman–Crippen MR) is 82.9 cm³/mol. The van der Waals surface area contributed by atoms with Gasteiger partial charge in [0.2, 0.25) is 0 Å². The largest absolute Gasteiger partial charge is 0.237 e. The van der Waals surface area contributed by atoms with Crippen molar-refractivity contribution in [3.63, 3.8) is 0 Å². The van der Waals surface area contributed by atoms with Gasteiger partial charge in [0.05, 0.1) is 0 Å². The van der Waals surface area contributed by atoms with Gasteiger partial charge in [0.25, 0.3) is 0 Å². The fraction of sp³-hybridized carbons (Fsp3) is 0.667. The van der Waals surface area contributed by atoms with Gasteiger partial charge in [0, 0.05) is 11.1 Å². The van der Waals surface area contributed by atoms with E-state index in [0.717, 1.165) is 0 Å². The molecule has 2 N–H and O–H groups in total. The summed E-state index contributed by atoms with van der Waals surface area (Å²) in [5.41, 5.74) is -0.449. The van der Waals surface area contributed by atoms with Crippen LogP contribution in [0, 0.1) is 0 Å². The molecule has 0 aromatic carbocycles. The Bertz CT molecular complexity index is 441. The predicted octanol–water partition coefficient (Wildman–Crippen LogP) is 2.57. The lowest BCUT2D eigenvalue weighted by atomic mass is 10.1. The minimum Gasteiger partial charge on any atom is -0.237 e. The third kappa shape index (κ3) is 6.27. The first-order valence-electron chi connectivity index (χ1n) is 5.97. The first-order valence-corrected chi connectivity index (χ1v) is 9.08. The molecule has 0 aliphatic carbocycles. The molecule has 0 saturated carbocycles. The van der Waals surface area contributed by atoms with Gasteiger partial charge < -0.3 is 0 Å². The van der Waals surface area contributed by atoms with Crippen molar-refractivity contribution in [1.82, 2.24) is 9.44 Å². The zero-order valence-corrected chi connectivity index (χ0v) is 14.6. The van der Waals surface area contributed by atoms with Crippen molar-refractivity contribution in [2.24, 2.45) is 0 Å². The highest BCUT2D eigenvalue weighted by molar-refractivity contribution is 7.88. The minimum absolute atomic E-state index is 0.224. The van der Waals surface area contributed by atoms with Crippen LogP contribution in [-0.2, 0) is 22.0 Å². The van der Waals surface area contributed by atoms with Crippen LogP contribution in [0.5, 0.6) is 0 Å². The Labute approximate surface area is 124 Å². The van der Waals surface area contributed by atoms with E-state index in [0.29, 0.717) is 8.42 Å². The Hall–Kier alpha value is -0.0800. The molecular weight excluding hydrogens is 300 g/mol. The van der Waals surface area contributed by atoms with Crippen molar-refractivity contribution in [2.45, 2.75) is 61.0 Å². The number of hydrogen-bond donors (Lipinski definition) is 2. The summed E-state index contributed by atoms with van der Waals surface area (Å²) >= 11 is 1.31. The smallest absolute Gasteiger partial charge is 0.135 e. The van der Waals surface area contributed by atoms with Crippen molar-refractivity contribution in [1.29, 1.82) is 0 Å². The van der Waals surface area contributed by atoms with Crippen LogP contribution in [0.25, 0.3) is 0 Å². The molecule has 0 unspecified atom stereocenters. The molecular formula is C12H22N2O2S3. The van der Waals surface area contributed by atoms with Gasteiger partial charge in [0.15, 0.2) is 0 Å². The Kier molecular flexibility index (Phi) is 5.48. The number of rotatable bonds is 4. The first-order chi connectivity index (χ1) is 8.48. The van der Waals surface area contributed by atoms with Gasteiger partial charge in [-0.1, -0.05) is 0 Å². The standard InChI is InChI=1S/C12H22N2O2S3/c1-11(2,3)13-18(15)9-7-8-10(17-9)19(16)14-12(4,5)6/h7-8,13-14H,1-6H3/t18-,19-/m1/s1. The molecule has 0 spiro atoms. The van der Waals surface area contributed by atoms with Crippen molar-refractivity contribution >= 4 is 33.3 Å². The Balaban J connectivity index is 2.77. The van der Waals surface area contributed by atoms with E-state index in [1.54, 1.807) is 12.1 Å². The normalized spacial score (nSPS) is 16.3. The summed E-state index contributed by atoms with van der Waals surface area (Å²) in [6.07, 6.45) is 0. The monoisotopic (exact) mass is 322 g/mol. The second-order valence-corrected chi connectivity index (χ2v) is 10.3. The molecule has 0 fully saturated rings. The van der Waals surface area contributed by atoms with Crippen LogP contribution in [0.2, 0.25) is 0 Å². The van der Waals surface area contributed by atoms with Gasteiger partial charge >= 0.3 is 0 Å². The first kappa shape index (κ1) is 17.0. The zero-order chi connectivity index (χ0) is 14.8. The van der Waals surface area contributed by atoms with Crippen molar-refractivity contribution < 1.29 is 8.42 Å². The molecule has 1 rings (SSSR count). The van der Waals surface area contributed by atoms with Gasteiger partial charge in [0.1, 0.15) is 30.4 Å². The van der Waals surface area contributed by atoms with Gasteiger partial charge in [-0.25, -0.2) is 17.9 Å². The SMILES string of the molecule is CC(C)(C)N[S@](=O)c1ccc([S@@](=O)NC(C)(C)C)s1. The molecule has 2 atom stereocenters. The Morgan fingerprint density at radius 1 is 0.842 bits per heavy atom. The van der Waals surface area contributed by atoms with Gasteiger partial charge in [-0.15, -0.1) is 11.3 Å². The molecule has 110 valence electrons. The highest BCUT2D eigenvalue weighted by Gasteiger charge is 2.19. The third-order valence-electron chi connectivity index (χ3n) is 1.72. The molecule has 1 aromatic heterocycles. The maximum atomic E-state index is 12.1. The fourth-order valence-electron chi connectivity index (χ4n) is 1.16. The topological polar surface area (TPSA) is 58.2 Å². The Morgan fingerprint density at radius 3 is 1.42 bits per heavy atom. The zero-order valence-electron chi connectivity index (χ0n) is 12.2. The number of nitrogens with one attached hydrogen (secondary N) is 2.